The summed E-state index contributed by atoms with van der Waals surface area (Å²) in [5.74, 6) is -0.0717. The van der Waals surface area contributed by atoms with Crippen molar-refractivity contribution in [3.8, 4) is 0 Å². The van der Waals surface area contributed by atoms with Crippen LogP contribution in [0.4, 0.5) is 0 Å². The Labute approximate surface area is 194 Å². The maximum absolute atomic E-state index is 13.2. The third kappa shape index (κ3) is 5.49. The average molecular weight is 447 g/mol. The molecule has 2 amide bonds. The minimum absolute atomic E-state index is 0.0621. The van der Waals surface area contributed by atoms with Gasteiger partial charge in [-0.05, 0) is 18.2 Å². The van der Waals surface area contributed by atoms with Gasteiger partial charge in [-0.3, -0.25) is 14.4 Å². The molecule has 0 radical (unpaired) electrons. The van der Waals surface area contributed by atoms with E-state index < -0.39 is 0 Å². The fraction of sp³-hybridized carbons (Fsp3) is 0.346. The predicted molar refractivity (Wildman–Crippen MR) is 128 cm³/mol. The lowest BCUT2D eigenvalue weighted by atomic mass is 10.1. The Kier molecular flexibility index (Phi) is 7.19. The van der Waals surface area contributed by atoms with Crippen LogP contribution >= 0.6 is 0 Å². The molecule has 1 aliphatic heterocycles. The van der Waals surface area contributed by atoms with Crippen LogP contribution in [0, 0.1) is 0 Å². The topological polar surface area (TPSA) is 74.7 Å². The Morgan fingerprint density at radius 1 is 1.03 bits per heavy atom. The van der Waals surface area contributed by atoms with Crippen molar-refractivity contribution in [3.05, 3.63) is 71.9 Å². The van der Waals surface area contributed by atoms with Gasteiger partial charge in [0.2, 0.25) is 11.8 Å². The summed E-state index contributed by atoms with van der Waals surface area (Å²) in [7, 11) is 0. The largest absolute Gasteiger partial charge is 0.345 e. The number of nitrogens with zero attached hydrogens (tertiary/aromatic N) is 3. The van der Waals surface area contributed by atoms with E-state index in [9.17, 15) is 14.4 Å². The molecule has 0 aliphatic carbocycles. The van der Waals surface area contributed by atoms with Gasteiger partial charge in [-0.25, -0.2) is 0 Å². The summed E-state index contributed by atoms with van der Waals surface area (Å²) >= 11 is 0. The van der Waals surface area contributed by atoms with Crippen molar-refractivity contribution in [2.45, 2.75) is 19.9 Å². The zero-order chi connectivity index (χ0) is 23.2. The Morgan fingerprint density at radius 2 is 1.79 bits per heavy atom. The highest BCUT2D eigenvalue weighted by Crippen LogP contribution is 2.24. The van der Waals surface area contributed by atoms with Gasteiger partial charge in [0.1, 0.15) is 0 Å². The number of rotatable bonds is 10. The molecule has 7 nitrogen and oxygen atoms in total. The number of Topliss-reactive ketones (excluding diaryl/α,β-unsaturated/α-hetero) is 1. The summed E-state index contributed by atoms with van der Waals surface area (Å²) in [5.41, 5.74) is 3.00. The molecule has 1 N–H and O–H groups in total. The second-order valence-corrected chi connectivity index (χ2v) is 8.37. The van der Waals surface area contributed by atoms with Crippen molar-refractivity contribution >= 4 is 28.5 Å². The number of carbonyl (C=O) groups is 3. The van der Waals surface area contributed by atoms with E-state index in [-0.39, 0.29) is 30.7 Å². The van der Waals surface area contributed by atoms with E-state index in [1.54, 1.807) is 4.90 Å². The van der Waals surface area contributed by atoms with E-state index in [0.717, 1.165) is 23.0 Å². The van der Waals surface area contributed by atoms with Crippen LogP contribution in [0.25, 0.3) is 10.9 Å². The van der Waals surface area contributed by atoms with Gasteiger partial charge < -0.3 is 19.7 Å². The van der Waals surface area contributed by atoms with E-state index in [1.807, 2.05) is 49.5 Å². The van der Waals surface area contributed by atoms with Crippen molar-refractivity contribution in [2.24, 2.45) is 0 Å². The Morgan fingerprint density at radius 3 is 2.58 bits per heavy atom. The van der Waals surface area contributed by atoms with E-state index in [0.29, 0.717) is 32.6 Å². The fourth-order valence-electron chi connectivity index (χ4n) is 4.27. The zero-order valence-corrected chi connectivity index (χ0v) is 19.0. The maximum Gasteiger partial charge on any atom is 0.242 e. The number of carbonyl (C=O) groups excluding carboxylic acids is 3. The van der Waals surface area contributed by atoms with Crippen LogP contribution in [-0.4, -0.2) is 71.2 Å². The molecule has 172 valence electrons. The molecule has 7 heteroatoms. The minimum atomic E-state index is -0.125. The molecule has 0 spiro atoms. The quantitative estimate of drug-likeness (QED) is 0.486. The van der Waals surface area contributed by atoms with Crippen molar-refractivity contribution in [1.82, 2.24) is 19.7 Å². The van der Waals surface area contributed by atoms with Gasteiger partial charge in [0.15, 0.2) is 5.78 Å². The molecule has 2 aromatic carbocycles. The number of ketones is 1. The van der Waals surface area contributed by atoms with Crippen LogP contribution in [0.5, 0.6) is 0 Å². The van der Waals surface area contributed by atoms with E-state index in [2.05, 4.69) is 33.0 Å². The third-order valence-electron chi connectivity index (χ3n) is 6.20. The SMILES string of the molecule is CCN(CCC(=O)c1cn(Cc2ccccc2)c2ccccc12)CCN1CC(=O)NCC1=O. The van der Waals surface area contributed by atoms with E-state index in [1.165, 1.54) is 5.56 Å². The normalized spacial score (nSPS) is 14.2. The van der Waals surface area contributed by atoms with Gasteiger partial charge in [-0.2, -0.15) is 0 Å². The van der Waals surface area contributed by atoms with Crippen LogP contribution in [0.3, 0.4) is 0 Å². The number of aromatic nitrogens is 1. The van der Waals surface area contributed by atoms with Crippen molar-refractivity contribution in [3.63, 3.8) is 0 Å². The summed E-state index contributed by atoms with van der Waals surface area (Å²) in [6.45, 7) is 5.45. The van der Waals surface area contributed by atoms with Gasteiger partial charge in [0.25, 0.3) is 0 Å². The molecule has 1 fully saturated rings. The first-order chi connectivity index (χ1) is 16.0. The van der Waals surface area contributed by atoms with E-state index in [4.69, 9.17) is 0 Å². The smallest absolute Gasteiger partial charge is 0.242 e. The molecule has 1 saturated heterocycles. The third-order valence-corrected chi connectivity index (χ3v) is 6.20. The summed E-state index contributed by atoms with van der Waals surface area (Å²) in [4.78, 5) is 40.5. The molecule has 1 aromatic heterocycles. The summed E-state index contributed by atoms with van der Waals surface area (Å²) < 4.78 is 2.14. The molecule has 4 rings (SSSR count). The number of amides is 2. The maximum atomic E-state index is 13.2. The second-order valence-electron chi connectivity index (χ2n) is 8.37. The molecule has 0 unspecified atom stereocenters. The van der Waals surface area contributed by atoms with Gasteiger partial charge >= 0.3 is 0 Å². The molecular formula is C26H30N4O3. The Balaban J connectivity index is 1.40. The van der Waals surface area contributed by atoms with Crippen LogP contribution in [-0.2, 0) is 16.1 Å². The standard InChI is InChI=1S/C26H30N4O3/c1-2-28(14-15-29-19-25(32)27-16-26(29)33)13-12-24(31)22-18-30(17-20-8-4-3-5-9-20)23-11-7-6-10-21(22)23/h3-11,18H,2,12-17,19H2,1H3,(H,27,32). The van der Waals surface area contributed by atoms with Crippen molar-refractivity contribution < 1.29 is 14.4 Å². The summed E-state index contributed by atoms with van der Waals surface area (Å²) in [6.07, 6.45) is 2.38. The highest BCUT2D eigenvalue weighted by Gasteiger charge is 2.23. The average Bonchev–Trinajstić information content (AvgIpc) is 3.20. The number of fused-ring (bicyclic) bond motifs is 1. The highest BCUT2D eigenvalue weighted by molar-refractivity contribution is 6.08. The molecule has 3 aromatic rings. The van der Waals surface area contributed by atoms with Gasteiger partial charge in [-0.1, -0.05) is 55.5 Å². The lowest BCUT2D eigenvalue weighted by Gasteiger charge is -2.29. The Bertz CT molecular complexity index is 1140. The monoisotopic (exact) mass is 446 g/mol. The highest BCUT2D eigenvalue weighted by atomic mass is 16.2. The zero-order valence-electron chi connectivity index (χ0n) is 19.0. The van der Waals surface area contributed by atoms with Gasteiger partial charge in [-0.15, -0.1) is 0 Å². The number of para-hydroxylation sites is 1. The number of benzene rings is 2. The molecule has 0 atom stereocenters. The molecule has 33 heavy (non-hydrogen) atoms. The number of piperazine rings is 1. The number of hydrogen-bond donors (Lipinski definition) is 1. The summed E-state index contributed by atoms with van der Waals surface area (Å²) in [5, 5.41) is 3.54. The van der Waals surface area contributed by atoms with Crippen LogP contribution in [0.15, 0.2) is 60.8 Å². The minimum Gasteiger partial charge on any atom is -0.345 e. The van der Waals surface area contributed by atoms with E-state index >= 15 is 0 Å². The molecule has 0 saturated carbocycles. The van der Waals surface area contributed by atoms with Gasteiger partial charge in [0, 0.05) is 55.3 Å². The van der Waals surface area contributed by atoms with Crippen LogP contribution in [0.2, 0.25) is 0 Å². The lowest BCUT2D eigenvalue weighted by Crippen LogP contribution is -2.53. The summed E-state index contributed by atoms with van der Waals surface area (Å²) in [6, 6.07) is 18.3. The number of nitrogens with one attached hydrogen (secondary N) is 1. The second kappa shape index (κ2) is 10.4. The first-order valence-electron chi connectivity index (χ1n) is 11.5. The lowest BCUT2D eigenvalue weighted by molar-refractivity contribution is -0.140. The molecule has 2 heterocycles. The molecular weight excluding hydrogens is 416 g/mol. The first kappa shape index (κ1) is 22.7. The van der Waals surface area contributed by atoms with Crippen LogP contribution < -0.4 is 5.32 Å². The number of likely N-dealkylation sites (N-methyl/N-ethyl adjacent to an activating group) is 1. The molecule has 0 bridgehead atoms. The predicted octanol–water partition coefficient (Wildman–Crippen LogP) is 2.54. The fourth-order valence-corrected chi connectivity index (χ4v) is 4.27. The van der Waals surface area contributed by atoms with Crippen molar-refractivity contribution in [2.75, 3.05) is 39.3 Å². The van der Waals surface area contributed by atoms with Gasteiger partial charge in [0.05, 0.1) is 13.1 Å². The Hall–Kier alpha value is -3.45. The molecule has 1 aliphatic rings. The first-order valence-corrected chi connectivity index (χ1v) is 11.5. The van der Waals surface area contributed by atoms with Crippen LogP contribution in [0.1, 0.15) is 29.3 Å². The van der Waals surface area contributed by atoms with Crippen molar-refractivity contribution in [1.29, 1.82) is 0 Å². The number of hydrogen-bond acceptors (Lipinski definition) is 4.